The Labute approximate surface area is 119 Å². The van der Waals surface area contributed by atoms with Gasteiger partial charge in [-0.05, 0) is 55.7 Å². The molecule has 2 fully saturated rings. The van der Waals surface area contributed by atoms with Gasteiger partial charge in [0.15, 0.2) is 0 Å². The van der Waals surface area contributed by atoms with Crippen molar-refractivity contribution in [2.24, 2.45) is 11.8 Å². The summed E-state index contributed by atoms with van der Waals surface area (Å²) >= 11 is 1.68. The van der Waals surface area contributed by atoms with Crippen LogP contribution in [-0.2, 0) is 4.79 Å². The SMILES string of the molecule is CNC1C(=O)N(c2cccs2)C2CCCC2CC1C. The Hall–Kier alpha value is -0.870. The topological polar surface area (TPSA) is 32.3 Å². The van der Waals surface area contributed by atoms with E-state index in [2.05, 4.69) is 28.6 Å². The van der Waals surface area contributed by atoms with E-state index in [0.717, 1.165) is 11.4 Å². The maximum Gasteiger partial charge on any atom is 0.245 e. The van der Waals surface area contributed by atoms with Crippen molar-refractivity contribution in [3.63, 3.8) is 0 Å². The number of hydrogen-bond acceptors (Lipinski definition) is 3. The maximum absolute atomic E-state index is 12.9. The molecular formula is C15H22N2OS. The fourth-order valence-electron chi connectivity index (χ4n) is 3.89. The van der Waals surface area contributed by atoms with Gasteiger partial charge in [-0.25, -0.2) is 0 Å². The van der Waals surface area contributed by atoms with Crippen LogP contribution in [0.3, 0.4) is 0 Å². The number of hydrogen-bond donors (Lipinski definition) is 1. The number of amides is 1. The molecule has 2 aliphatic rings. The lowest BCUT2D eigenvalue weighted by Gasteiger charge is -2.31. The highest BCUT2D eigenvalue weighted by Crippen LogP contribution is 2.41. The first-order chi connectivity index (χ1) is 9.22. The van der Waals surface area contributed by atoms with Gasteiger partial charge < -0.3 is 5.32 Å². The lowest BCUT2D eigenvalue weighted by atomic mass is 9.90. The standard InChI is InChI=1S/C15H22N2OS/c1-10-9-11-5-3-6-12(11)17(13-7-4-8-19-13)15(18)14(10)16-2/h4,7-8,10-12,14,16H,3,5-6,9H2,1-2H3. The van der Waals surface area contributed by atoms with Crippen LogP contribution in [0.2, 0.25) is 0 Å². The summed E-state index contributed by atoms with van der Waals surface area (Å²) in [4.78, 5) is 15.0. The number of fused-ring (bicyclic) bond motifs is 1. The Kier molecular flexibility index (Phi) is 3.63. The molecule has 1 aliphatic carbocycles. The Bertz CT molecular complexity index is 445. The third-order valence-electron chi connectivity index (χ3n) is 4.75. The van der Waals surface area contributed by atoms with E-state index >= 15 is 0 Å². The van der Waals surface area contributed by atoms with Gasteiger partial charge in [-0.3, -0.25) is 9.69 Å². The smallest absolute Gasteiger partial charge is 0.245 e. The van der Waals surface area contributed by atoms with Crippen LogP contribution >= 0.6 is 11.3 Å². The second kappa shape index (κ2) is 5.25. The van der Waals surface area contributed by atoms with Crippen molar-refractivity contribution < 1.29 is 4.79 Å². The van der Waals surface area contributed by atoms with Crippen LogP contribution in [0.15, 0.2) is 17.5 Å². The first kappa shape index (κ1) is 13.1. The number of anilines is 1. The van der Waals surface area contributed by atoms with Crippen molar-refractivity contribution in [3.8, 4) is 0 Å². The van der Waals surface area contributed by atoms with Gasteiger partial charge in [0, 0.05) is 6.04 Å². The lowest BCUT2D eigenvalue weighted by molar-refractivity contribution is -0.121. The summed E-state index contributed by atoms with van der Waals surface area (Å²) in [5, 5.41) is 6.42. The number of likely N-dealkylation sites (N-methyl/N-ethyl adjacent to an activating group) is 1. The van der Waals surface area contributed by atoms with E-state index in [9.17, 15) is 4.79 Å². The highest BCUT2D eigenvalue weighted by molar-refractivity contribution is 7.14. The van der Waals surface area contributed by atoms with Crippen molar-refractivity contribution >= 4 is 22.2 Å². The molecule has 4 unspecified atom stereocenters. The molecule has 104 valence electrons. The molecule has 4 heteroatoms. The number of carbonyl (C=O) groups is 1. The molecule has 1 saturated heterocycles. The normalized spacial score (nSPS) is 35.3. The van der Waals surface area contributed by atoms with Gasteiger partial charge in [0.1, 0.15) is 0 Å². The Morgan fingerprint density at radius 3 is 2.95 bits per heavy atom. The molecule has 1 aromatic heterocycles. The molecule has 3 nitrogen and oxygen atoms in total. The summed E-state index contributed by atoms with van der Waals surface area (Å²) in [6.45, 7) is 2.21. The first-order valence-electron chi connectivity index (χ1n) is 7.26. The number of thiophene rings is 1. The molecule has 19 heavy (non-hydrogen) atoms. The molecule has 1 amide bonds. The lowest BCUT2D eigenvalue weighted by Crippen LogP contribution is -2.49. The van der Waals surface area contributed by atoms with Crippen molar-refractivity contribution in [1.82, 2.24) is 5.32 Å². The fourth-order valence-corrected chi connectivity index (χ4v) is 4.68. The summed E-state index contributed by atoms with van der Waals surface area (Å²) in [5.74, 6) is 1.37. The molecule has 0 radical (unpaired) electrons. The van der Waals surface area contributed by atoms with Gasteiger partial charge in [0.25, 0.3) is 0 Å². The Morgan fingerprint density at radius 1 is 1.42 bits per heavy atom. The molecule has 2 heterocycles. The number of rotatable bonds is 2. The van der Waals surface area contributed by atoms with Gasteiger partial charge in [0.2, 0.25) is 5.91 Å². The van der Waals surface area contributed by atoms with E-state index < -0.39 is 0 Å². The number of nitrogens with zero attached hydrogens (tertiary/aromatic N) is 1. The predicted molar refractivity (Wildman–Crippen MR) is 79.6 cm³/mol. The average molecular weight is 278 g/mol. The van der Waals surface area contributed by atoms with Crippen molar-refractivity contribution in [3.05, 3.63) is 17.5 Å². The summed E-state index contributed by atoms with van der Waals surface area (Å²) < 4.78 is 0. The minimum Gasteiger partial charge on any atom is -0.309 e. The quantitative estimate of drug-likeness (QED) is 0.902. The Morgan fingerprint density at radius 2 is 2.26 bits per heavy atom. The summed E-state index contributed by atoms with van der Waals surface area (Å²) in [6, 6.07) is 4.51. The molecule has 0 spiro atoms. The minimum absolute atomic E-state index is 0.0345. The molecule has 1 aliphatic heterocycles. The van der Waals surface area contributed by atoms with Crippen molar-refractivity contribution in [1.29, 1.82) is 0 Å². The van der Waals surface area contributed by atoms with Crippen molar-refractivity contribution in [2.45, 2.75) is 44.7 Å². The zero-order chi connectivity index (χ0) is 13.4. The van der Waals surface area contributed by atoms with Gasteiger partial charge >= 0.3 is 0 Å². The van der Waals surface area contributed by atoms with Crippen LogP contribution in [-0.4, -0.2) is 25.0 Å². The minimum atomic E-state index is -0.0345. The summed E-state index contributed by atoms with van der Waals surface area (Å²) in [5.41, 5.74) is 0. The van der Waals surface area contributed by atoms with Gasteiger partial charge in [-0.1, -0.05) is 13.3 Å². The molecule has 1 saturated carbocycles. The number of nitrogens with one attached hydrogen (secondary N) is 1. The number of carbonyl (C=O) groups excluding carboxylic acids is 1. The fraction of sp³-hybridized carbons (Fsp3) is 0.667. The molecule has 1 N–H and O–H groups in total. The van der Waals surface area contributed by atoms with Gasteiger partial charge in [0.05, 0.1) is 11.0 Å². The van der Waals surface area contributed by atoms with Gasteiger partial charge in [-0.2, -0.15) is 0 Å². The highest BCUT2D eigenvalue weighted by atomic mass is 32.1. The van der Waals surface area contributed by atoms with E-state index in [0.29, 0.717) is 17.9 Å². The summed E-state index contributed by atoms with van der Waals surface area (Å²) in [7, 11) is 1.91. The predicted octanol–water partition coefficient (Wildman–Crippen LogP) is 2.88. The molecule has 0 aromatic carbocycles. The van der Waals surface area contributed by atoms with E-state index in [1.165, 1.54) is 19.3 Å². The van der Waals surface area contributed by atoms with E-state index in [1.54, 1.807) is 11.3 Å². The van der Waals surface area contributed by atoms with Crippen LogP contribution in [0.4, 0.5) is 5.00 Å². The van der Waals surface area contributed by atoms with Crippen LogP contribution in [0.25, 0.3) is 0 Å². The van der Waals surface area contributed by atoms with Gasteiger partial charge in [-0.15, -0.1) is 11.3 Å². The van der Waals surface area contributed by atoms with E-state index in [4.69, 9.17) is 0 Å². The maximum atomic E-state index is 12.9. The van der Waals surface area contributed by atoms with E-state index in [1.807, 2.05) is 13.1 Å². The third kappa shape index (κ3) is 2.21. The average Bonchev–Trinajstić information content (AvgIpc) is 3.02. The third-order valence-corrected chi connectivity index (χ3v) is 5.62. The molecule has 3 rings (SSSR count). The summed E-state index contributed by atoms with van der Waals surface area (Å²) in [6.07, 6.45) is 4.88. The van der Waals surface area contributed by atoms with Crippen LogP contribution < -0.4 is 10.2 Å². The zero-order valence-corrected chi connectivity index (χ0v) is 12.5. The molecule has 1 aromatic rings. The highest BCUT2D eigenvalue weighted by Gasteiger charge is 2.43. The second-order valence-corrected chi connectivity index (χ2v) is 6.82. The Balaban J connectivity index is 1.99. The van der Waals surface area contributed by atoms with Crippen LogP contribution in [0.1, 0.15) is 32.6 Å². The van der Waals surface area contributed by atoms with E-state index in [-0.39, 0.29) is 11.9 Å². The molecule has 0 bridgehead atoms. The second-order valence-electron chi connectivity index (χ2n) is 5.90. The van der Waals surface area contributed by atoms with Crippen LogP contribution in [0, 0.1) is 11.8 Å². The first-order valence-corrected chi connectivity index (χ1v) is 8.14. The molecular weight excluding hydrogens is 256 g/mol. The largest absolute Gasteiger partial charge is 0.309 e. The monoisotopic (exact) mass is 278 g/mol. The van der Waals surface area contributed by atoms with Crippen LogP contribution in [0.5, 0.6) is 0 Å². The molecule has 4 atom stereocenters. The van der Waals surface area contributed by atoms with Crippen molar-refractivity contribution in [2.75, 3.05) is 11.9 Å². The zero-order valence-electron chi connectivity index (χ0n) is 11.6.